The molecular formula is C20H21N3O4. The van der Waals surface area contributed by atoms with Crippen LogP contribution in [0.4, 0.5) is 0 Å². The van der Waals surface area contributed by atoms with Gasteiger partial charge in [-0.3, -0.25) is 9.78 Å². The van der Waals surface area contributed by atoms with Gasteiger partial charge in [-0.15, -0.1) is 0 Å². The van der Waals surface area contributed by atoms with Crippen LogP contribution >= 0.6 is 0 Å². The van der Waals surface area contributed by atoms with E-state index in [9.17, 15) is 9.90 Å². The maximum absolute atomic E-state index is 11.5. The molecule has 140 valence electrons. The third-order valence-corrected chi connectivity index (χ3v) is 4.83. The molecule has 1 N–H and O–H groups in total. The zero-order valence-corrected chi connectivity index (χ0v) is 15.5. The van der Waals surface area contributed by atoms with Crippen LogP contribution in [0.1, 0.15) is 18.3 Å². The van der Waals surface area contributed by atoms with E-state index in [0.717, 1.165) is 22.2 Å². The SMILES string of the molecule is COc1cc(-c2cn(C)c3cnc(CC(C)=O)cc23)nc(C2(O)COC2)c1. The zero-order chi connectivity index (χ0) is 19.2. The number of fused-ring (bicyclic) bond motifs is 1. The number of rotatable bonds is 5. The van der Waals surface area contributed by atoms with E-state index in [1.54, 1.807) is 26.3 Å². The summed E-state index contributed by atoms with van der Waals surface area (Å²) in [5, 5.41) is 11.6. The fourth-order valence-corrected chi connectivity index (χ4v) is 3.32. The number of aliphatic hydroxyl groups is 1. The molecule has 0 radical (unpaired) electrons. The van der Waals surface area contributed by atoms with Crippen molar-refractivity contribution in [2.24, 2.45) is 7.05 Å². The Morgan fingerprint density at radius 2 is 2.15 bits per heavy atom. The van der Waals surface area contributed by atoms with Crippen molar-refractivity contribution in [2.45, 2.75) is 18.9 Å². The number of Topliss-reactive ketones (excluding diaryl/α,β-unsaturated/α-hetero) is 1. The minimum Gasteiger partial charge on any atom is -0.497 e. The van der Waals surface area contributed by atoms with Gasteiger partial charge >= 0.3 is 0 Å². The highest BCUT2D eigenvalue weighted by Crippen LogP contribution is 2.35. The highest BCUT2D eigenvalue weighted by atomic mass is 16.5. The van der Waals surface area contributed by atoms with Gasteiger partial charge in [0.05, 0.1) is 43.4 Å². The van der Waals surface area contributed by atoms with Gasteiger partial charge in [0.15, 0.2) is 5.60 Å². The molecule has 0 bridgehead atoms. The van der Waals surface area contributed by atoms with Crippen LogP contribution < -0.4 is 4.74 Å². The Kier molecular flexibility index (Phi) is 4.20. The van der Waals surface area contributed by atoms with Crippen LogP contribution in [0.2, 0.25) is 0 Å². The molecule has 3 aromatic rings. The van der Waals surface area contributed by atoms with Crippen molar-refractivity contribution in [2.75, 3.05) is 20.3 Å². The first-order chi connectivity index (χ1) is 12.9. The third-order valence-electron chi connectivity index (χ3n) is 4.83. The molecule has 1 fully saturated rings. The molecular weight excluding hydrogens is 346 g/mol. The summed E-state index contributed by atoms with van der Waals surface area (Å²) in [7, 11) is 3.52. The van der Waals surface area contributed by atoms with Gasteiger partial charge in [-0.2, -0.15) is 0 Å². The van der Waals surface area contributed by atoms with E-state index in [2.05, 4.69) is 9.97 Å². The summed E-state index contributed by atoms with van der Waals surface area (Å²) in [4.78, 5) is 20.5. The van der Waals surface area contributed by atoms with Crippen molar-refractivity contribution in [3.05, 3.63) is 42.0 Å². The number of aryl methyl sites for hydroxylation is 1. The largest absolute Gasteiger partial charge is 0.497 e. The minimum absolute atomic E-state index is 0.0633. The molecule has 0 saturated carbocycles. The Balaban J connectivity index is 1.88. The summed E-state index contributed by atoms with van der Waals surface area (Å²) in [6.45, 7) is 1.98. The normalized spacial score (nSPS) is 15.6. The molecule has 4 rings (SSSR count). The first-order valence-corrected chi connectivity index (χ1v) is 8.70. The van der Waals surface area contributed by atoms with E-state index in [0.29, 0.717) is 17.1 Å². The summed E-state index contributed by atoms with van der Waals surface area (Å²) in [6.07, 6.45) is 4.03. The second-order valence-corrected chi connectivity index (χ2v) is 7.03. The highest BCUT2D eigenvalue weighted by Gasteiger charge is 2.40. The molecule has 7 nitrogen and oxygen atoms in total. The van der Waals surface area contributed by atoms with Gasteiger partial charge in [0, 0.05) is 48.4 Å². The summed E-state index contributed by atoms with van der Waals surface area (Å²) in [5.41, 5.74) is 2.68. The lowest BCUT2D eigenvalue weighted by atomic mass is 9.96. The Morgan fingerprint density at radius 3 is 2.78 bits per heavy atom. The number of carbonyl (C=O) groups excluding carboxylic acids is 1. The predicted octanol–water partition coefficient (Wildman–Crippen LogP) is 1.99. The van der Waals surface area contributed by atoms with Crippen LogP contribution in [-0.2, 0) is 28.6 Å². The summed E-state index contributed by atoms with van der Waals surface area (Å²) >= 11 is 0. The van der Waals surface area contributed by atoms with E-state index in [1.165, 1.54) is 0 Å². The van der Waals surface area contributed by atoms with Crippen molar-refractivity contribution in [1.29, 1.82) is 0 Å². The lowest BCUT2D eigenvalue weighted by Gasteiger charge is -2.36. The van der Waals surface area contributed by atoms with Gasteiger partial charge in [-0.05, 0) is 13.0 Å². The first-order valence-electron chi connectivity index (χ1n) is 8.70. The Morgan fingerprint density at radius 1 is 1.37 bits per heavy atom. The first kappa shape index (κ1) is 17.6. The van der Waals surface area contributed by atoms with Crippen molar-refractivity contribution in [3.63, 3.8) is 0 Å². The number of carbonyl (C=O) groups is 1. The fourth-order valence-electron chi connectivity index (χ4n) is 3.32. The number of nitrogens with zero attached hydrogens (tertiary/aromatic N) is 3. The van der Waals surface area contributed by atoms with E-state index >= 15 is 0 Å². The average Bonchev–Trinajstić information content (AvgIpc) is 2.95. The molecule has 0 amide bonds. The Labute approximate surface area is 156 Å². The average molecular weight is 367 g/mol. The molecule has 1 aliphatic heterocycles. The van der Waals surface area contributed by atoms with Crippen molar-refractivity contribution in [3.8, 4) is 17.0 Å². The lowest BCUT2D eigenvalue weighted by molar-refractivity contribution is -0.186. The molecule has 0 spiro atoms. The minimum atomic E-state index is -1.09. The lowest BCUT2D eigenvalue weighted by Crippen LogP contribution is -2.47. The van der Waals surface area contributed by atoms with E-state index in [-0.39, 0.29) is 25.4 Å². The molecule has 0 atom stereocenters. The molecule has 7 heteroatoms. The van der Waals surface area contributed by atoms with Crippen LogP contribution in [0.3, 0.4) is 0 Å². The second-order valence-electron chi connectivity index (χ2n) is 7.03. The van der Waals surface area contributed by atoms with Gasteiger partial charge in [-0.25, -0.2) is 4.98 Å². The molecule has 3 aromatic heterocycles. The maximum Gasteiger partial charge on any atom is 0.153 e. The zero-order valence-electron chi connectivity index (χ0n) is 15.5. The monoisotopic (exact) mass is 367 g/mol. The molecule has 0 aliphatic carbocycles. The van der Waals surface area contributed by atoms with Crippen LogP contribution in [-0.4, -0.2) is 45.7 Å². The number of ether oxygens (including phenoxy) is 2. The smallest absolute Gasteiger partial charge is 0.153 e. The van der Waals surface area contributed by atoms with Gasteiger partial charge in [0.1, 0.15) is 11.5 Å². The number of ketones is 1. The molecule has 1 saturated heterocycles. The number of aromatic nitrogens is 3. The van der Waals surface area contributed by atoms with Gasteiger partial charge < -0.3 is 19.1 Å². The molecule has 0 unspecified atom stereocenters. The number of hydrogen-bond donors (Lipinski definition) is 1. The van der Waals surface area contributed by atoms with Crippen LogP contribution in [0.5, 0.6) is 5.75 Å². The summed E-state index contributed by atoms with van der Waals surface area (Å²) < 4.78 is 12.6. The summed E-state index contributed by atoms with van der Waals surface area (Å²) in [6, 6.07) is 5.50. The van der Waals surface area contributed by atoms with Gasteiger partial charge in [0.2, 0.25) is 0 Å². The van der Waals surface area contributed by atoms with Crippen LogP contribution in [0, 0.1) is 0 Å². The van der Waals surface area contributed by atoms with Crippen LogP contribution in [0.25, 0.3) is 22.2 Å². The summed E-state index contributed by atoms with van der Waals surface area (Å²) in [5.74, 6) is 0.679. The topological polar surface area (TPSA) is 86.5 Å². The van der Waals surface area contributed by atoms with Crippen molar-refractivity contribution >= 4 is 16.7 Å². The van der Waals surface area contributed by atoms with Crippen LogP contribution in [0.15, 0.2) is 30.6 Å². The van der Waals surface area contributed by atoms with Gasteiger partial charge in [-0.1, -0.05) is 0 Å². The molecule has 27 heavy (non-hydrogen) atoms. The molecule has 0 aromatic carbocycles. The van der Waals surface area contributed by atoms with E-state index < -0.39 is 5.60 Å². The third kappa shape index (κ3) is 3.09. The standard InChI is InChI=1S/C20H21N3O4/c1-12(24)4-13-5-15-16(9-23(2)18(15)8-21-13)17-6-14(26-3)7-19(22-17)20(25)10-27-11-20/h5-9,25H,4,10-11H2,1-3H3. The van der Waals surface area contributed by atoms with Gasteiger partial charge in [0.25, 0.3) is 0 Å². The van der Waals surface area contributed by atoms with Crippen molar-refractivity contribution in [1.82, 2.24) is 14.5 Å². The molecule has 4 heterocycles. The van der Waals surface area contributed by atoms with E-state index in [1.807, 2.05) is 29.9 Å². The number of methoxy groups -OCH3 is 1. The maximum atomic E-state index is 11.5. The second kappa shape index (κ2) is 6.44. The number of pyridine rings is 2. The Hall–Kier alpha value is -2.77. The quantitative estimate of drug-likeness (QED) is 0.742. The number of hydrogen-bond acceptors (Lipinski definition) is 6. The molecule has 1 aliphatic rings. The van der Waals surface area contributed by atoms with Crippen molar-refractivity contribution < 1.29 is 19.4 Å². The Bertz CT molecular complexity index is 1040. The highest BCUT2D eigenvalue weighted by molar-refractivity contribution is 5.95. The van der Waals surface area contributed by atoms with E-state index in [4.69, 9.17) is 9.47 Å². The fraction of sp³-hybridized carbons (Fsp3) is 0.350. The predicted molar refractivity (Wildman–Crippen MR) is 99.6 cm³/mol.